The lowest BCUT2D eigenvalue weighted by atomic mass is 9.95. The number of rotatable bonds is 3. The van der Waals surface area contributed by atoms with E-state index in [4.69, 9.17) is 0 Å². The summed E-state index contributed by atoms with van der Waals surface area (Å²) < 4.78 is 1.71. The number of hydrogen-bond acceptors (Lipinski definition) is 5. The monoisotopic (exact) mass is 422 g/mol. The highest BCUT2D eigenvalue weighted by atomic mass is 35.5. The summed E-state index contributed by atoms with van der Waals surface area (Å²) in [5.74, 6) is 0.271. The molecule has 9 heteroatoms. The molecule has 0 radical (unpaired) electrons. The molecule has 2 N–H and O–H groups in total. The average Bonchev–Trinajstić information content (AvgIpc) is 3.04. The minimum Gasteiger partial charge on any atom is -0.346 e. The second-order valence-electron chi connectivity index (χ2n) is 6.83. The Morgan fingerprint density at radius 2 is 2.07 bits per heavy atom. The lowest BCUT2D eigenvalue weighted by molar-refractivity contribution is 0.0909. The maximum atomic E-state index is 12.7. The SMILES string of the molecule is Cc1c(C(=O)NC2CNCCC2C)nnn1-c1cccc2ncccc12.Cl.Cl. The summed E-state index contributed by atoms with van der Waals surface area (Å²) in [6, 6.07) is 9.84. The number of nitrogens with zero attached hydrogens (tertiary/aromatic N) is 4. The van der Waals surface area contributed by atoms with E-state index in [1.54, 1.807) is 10.9 Å². The third-order valence-electron chi connectivity index (χ3n) is 5.10. The number of aromatic nitrogens is 4. The van der Waals surface area contributed by atoms with Crippen LogP contribution in [0, 0.1) is 12.8 Å². The van der Waals surface area contributed by atoms with Crippen molar-refractivity contribution >= 4 is 41.6 Å². The number of amides is 1. The largest absolute Gasteiger partial charge is 0.346 e. The van der Waals surface area contributed by atoms with Crippen molar-refractivity contribution in [3.8, 4) is 5.69 Å². The van der Waals surface area contributed by atoms with Crippen LogP contribution in [-0.2, 0) is 0 Å². The standard InChI is InChI=1S/C19H22N6O.2ClH/c1-12-8-10-20-11-16(12)22-19(26)18-13(2)25(24-23-18)17-7-3-6-15-14(17)5-4-9-21-15;;/h3-7,9,12,16,20H,8,10-11H2,1-2H3,(H,22,26);2*1H. The summed E-state index contributed by atoms with van der Waals surface area (Å²) in [5, 5.41) is 15.8. The third kappa shape index (κ3) is 4.11. The first-order valence-corrected chi connectivity index (χ1v) is 8.93. The van der Waals surface area contributed by atoms with E-state index < -0.39 is 0 Å². The maximum Gasteiger partial charge on any atom is 0.274 e. The van der Waals surface area contributed by atoms with E-state index in [1.165, 1.54) is 0 Å². The van der Waals surface area contributed by atoms with Crippen molar-refractivity contribution in [1.82, 2.24) is 30.6 Å². The summed E-state index contributed by atoms with van der Waals surface area (Å²) in [5.41, 5.74) is 2.83. The number of piperidine rings is 1. The third-order valence-corrected chi connectivity index (χ3v) is 5.10. The Hall–Kier alpha value is -2.22. The molecule has 2 atom stereocenters. The van der Waals surface area contributed by atoms with E-state index in [9.17, 15) is 4.79 Å². The number of carbonyl (C=O) groups is 1. The first-order valence-electron chi connectivity index (χ1n) is 8.93. The fraction of sp³-hybridized carbons (Fsp3) is 0.368. The van der Waals surface area contributed by atoms with Gasteiger partial charge in [0.2, 0.25) is 0 Å². The van der Waals surface area contributed by atoms with E-state index in [1.807, 2.05) is 37.3 Å². The minimum absolute atomic E-state index is 0. The van der Waals surface area contributed by atoms with Crippen molar-refractivity contribution in [2.45, 2.75) is 26.3 Å². The number of fused-ring (bicyclic) bond motifs is 1. The molecule has 28 heavy (non-hydrogen) atoms. The van der Waals surface area contributed by atoms with Gasteiger partial charge in [-0.15, -0.1) is 29.9 Å². The molecule has 0 spiro atoms. The summed E-state index contributed by atoms with van der Waals surface area (Å²) in [6.45, 7) is 5.82. The first kappa shape index (κ1) is 22.1. The molecule has 1 aliphatic heterocycles. The molecule has 1 saturated heterocycles. The van der Waals surface area contributed by atoms with Crippen molar-refractivity contribution in [2.24, 2.45) is 5.92 Å². The molecule has 0 aliphatic carbocycles. The fourth-order valence-corrected chi connectivity index (χ4v) is 3.46. The van der Waals surface area contributed by atoms with Gasteiger partial charge in [-0.2, -0.15) is 0 Å². The van der Waals surface area contributed by atoms with Crippen molar-refractivity contribution in [2.75, 3.05) is 13.1 Å². The number of carbonyl (C=O) groups excluding carboxylic acids is 1. The van der Waals surface area contributed by atoms with Gasteiger partial charge in [0.05, 0.1) is 16.9 Å². The molecular formula is C19H24Cl2N6O. The molecule has 150 valence electrons. The van der Waals surface area contributed by atoms with Gasteiger partial charge in [0.1, 0.15) is 0 Å². The number of nitrogens with one attached hydrogen (secondary N) is 2. The molecule has 2 aromatic heterocycles. The van der Waals surface area contributed by atoms with Gasteiger partial charge in [-0.3, -0.25) is 9.78 Å². The second-order valence-corrected chi connectivity index (χ2v) is 6.83. The van der Waals surface area contributed by atoms with Crippen molar-refractivity contribution in [3.05, 3.63) is 47.9 Å². The Kier molecular flexibility index (Phi) is 7.35. The topological polar surface area (TPSA) is 84.7 Å². The number of hydrogen-bond donors (Lipinski definition) is 2. The molecular weight excluding hydrogens is 399 g/mol. The summed E-state index contributed by atoms with van der Waals surface area (Å²) in [6.07, 6.45) is 2.82. The second kappa shape index (κ2) is 9.32. The van der Waals surface area contributed by atoms with Crippen LogP contribution < -0.4 is 10.6 Å². The van der Waals surface area contributed by atoms with E-state index in [-0.39, 0.29) is 36.8 Å². The molecule has 0 bridgehead atoms. The zero-order valence-corrected chi connectivity index (χ0v) is 17.4. The van der Waals surface area contributed by atoms with Gasteiger partial charge in [0.25, 0.3) is 5.91 Å². The Balaban J connectivity index is 0.00000140. The van der Waals surface area contributed by atoms with Crippen LogP contribution in [0.4, 0.5) is 0 Å². The van der Waals surface area contributed by atoms with Gasteiger partial charge < -0.3 is 10.6 Å². The highest BCUT2D eigenvalue weighted by Gasteiger charge is 2.26. The van der Waals surface area contributed by atoms with Crippen molar-refractivity contribution < 1.29 is 4.79 Å². The van der Waals surface area contributed by atoms with Gasteiger partial charge in [0, 0.05) is 24.2 Å². The minimum atomic E-state index is -0.173. The molecule has 2 unspecified atom stereocenters. The number of halogens is 2. The van der Waals surface area contributed by atoms with Crippen LogP contribution in [0.5, 0.6) is 0 Å². The summed E-state index contributed by atoms with van der Waals surface area (Å²) in [7, 11) is 0. The van der Waals surface area contributed by atoms with E-state index in [0.29, 0.717) is 11.6 Å². The highest BCUT2D eigenvalue weighted by Crippen LogP contribution is 2.22. The molecule has 3 heterocycles. The predicted octanol–water partition coefficient (Wildman–Crippen LogP) is 2.70. The van der Waals surface area contributed by atoms with Crippen LogP contribution in [0.1, 0.15) is 29.5 Å². The lowest BCUT2D eigenvalue weighted by Gasteiger charge is -2.29. The molecule has 1 aliphatic rings. The van der Waals surface area contributed by atoms with Gasteiger partial charge in [-0.25, -0.2) is 4.68 Å². The Morgan fingerprint density at radius 1 is 1.25 bits per heavy atom. The van der Waals surface area contributed by atoms with Crippen LogP contribution in [0.3, 0.4) is 0 Å². The zero-order valence-electron chi connectivity index (χ0n) is 15.8. The lowest BCUT2D eigenvalue weighted by Crippen LogP contribution is -2.50. The summed E-state index contributed by atoms with van der Waals surface area (Å²) in [4.78, 5) is 17.1. The van der Waals surface area contributed by atoms with Gasteiger partial charge >= 0.3 is 0 Å². The summed E-state index contributed by atoms with van der Waals surface area (Å²) >= 11 is 0. The molecule has 1 amide bonds. The molecule has 7 nitrogen and oxygen atoms in total. The number of pyridine rings is 1. The quantitative estimate of drug-likeness (QED) is 0.677. The molecule has 1 fully saturated rings. The van der Waals surface area contributed by atoms with Gasteiger partial charge in [-0.1, -0.05) is 18.2 Å². The smallest absolute Gasteiger partial charge is 0.274 e. The Morgan fingerprint density at radius 3 is 2.86 bits per heavy atom. The molecule has 1 aromatic carbocycles. The van der Waals surface area contributed by atoms with Crippen LogP contribution in [-0.4, -0.2) is 45.0 Å². The van der Waals surface area contributed by atoms with Crippen LogP contribution >= 0.6 is 24.8 Å². The van der Waals surface area contributed by atoms with Crippen molar-refractivity contribution in [3.63, 3.8) is 0 Å². The maximum absolute atomic E-state index is 12.7. The van der Waals surface area contributed by atoms with Crippen LogP contribution in [0.15, 0.2) is 36.5 Å². The van der Waals surface area contributed by atoms with Gasteiger partial charge in [0.15, 0.2) is 5.69 Å². The van der Waals surface area contributed by atoms with Crippen LogP contribution in [0.25, 0.3) is 16.6 Å². The van der Waals surface area contributed by atoms with Gasteiger partial charge in [-0.05, 0) is 50.1 Å². The Labute approximate surface area is 176 Å². The van der Waals surface area contributed by atoms with Crippen molar-refractivity contribution in [1.29, 1.82) is 0 Å². The molecule has 4 rings (SSSR count). The average molecular weight is 423 g/mol. The first-order chi connectivity index (χ1) is 12.6. The van der Waals surface area contributed by atoms with E-state index >= 15 is 0 Å². The molecule has 3 aromatic rings. The Bertz CT molecular complexity index is 955. The predicted molar refractivity (Wildman–Crippen MR) is 114 cm³/mol. The van der Waals surface area contributed by atoms with E-state index in [2.05, 4.69) is 32.9 Å². The zero-order chi connectivity index (χ0) is 18.1. The molecule has 0 saturated carbocycles. The van der Waals surface area contributed by atoms with E-state index in [0.717, 1.165) is 41.8 Å². The van der Waals surface area contributed by atoms with Crippen LogP contribution in [0.2, 0.25) is 0 Å². The number of benzene rings is 1. The highest BCUT2D eigenvalue weighted by molar-refractivity contribution is 5.94. The fourth-order valence-electron chi connectivity index (χ4n) is 3.46. The normalized spacial score (nSPS) is 18.8.